The SMILES string of the molecule is CCCCOC(=O)N1CCC2(CC1)CN(c1nncc3ccc(CC(F)(F)F)cc13)C2. The number of rotatable bonds is 5. The number of benzene rings is 1. The minimum Gasteiger partial charge on any atom is -0.449 e. The molecule has 2 aromatic rings. The van der Waals surface area contributed by atoms with Gasteiger partial charge in [0.1, 0.15) is 0 Å². The fourth-order valence-electron chi connectivity index (χ4n) is 4.47. The van der Waals surface area contributed by atoms with Crippen molar-refractivity contribution in [3.63, 3.8) is 0 Å². The molecular formula is C22H27F3N4O2. The maximum absolute atomic E-state index is 12.8. The van der Waals surface area contributed by atoms with E-state index in [0.717, 1.165) is 44.2 Å². The number of piperidine rings is 1. The number of ether oxygens (including phenoxy) is 1. The molecule has 2 saturated heterocycles. The van der Waals surface area contributed by atoms with Gasteiger partial charge in [-0.15, -0.1) is 5.10 Å². The van der Waals surface area contributed by atoms with Crippen molar-refractivity contribution < 1.29 is 22.7 Å². The van der Waals surface area contributed by atoms with E-state index in [2.05, 4.69) is 22.0 Å². The zero-order valence-electron chi connectivity index (χ0n) is 17.6. The lowest BCUT2D eigenvalue weighted by Gasteiger charge is -2.54. The number of aromatic nitrogens is 2. The maximum Gasteiger partial charge on any atom is 0.409 e. The van der Waals surface area contributed by atoms with Crippen LogP contribution in [0.1, 0.15) is 38.2 Å². The van der Waals surface area contributed by atoms with Gasteiger partial charge < -0.3 is 14.5 Å². The van der Waals surface area contributed by atoms with Crippen molar-refractivity contribution in [2.75, 3.05) is 37.7 Å². The topological polar surface area (TPSA) is 58.6 Å². The van der Waals surface area contributed by atoms with Gasteiger partial charge in [-0.3, -0.25) is 0 Å². The Morgan fingerprint density at radius 3 is 2.65 bits per heavy atom. The van der Waals surface area contributed by atoms with E-state index in [1.54, 1.807) is 23.2 Å². The summed E-state index contributed by atoms with van der Waals surface area (Å²) in [4.78, 5) is 16.0. The molecule has 31 heavy (non-hydrogen) atoms. The number of unbranched alkanes of at least 4 members (excludes halogenated alkanes) is 1. The van der Waals surface area contributed by atoms with Gasteiger partial charge in [-0.25, -0.2) is 4.79 Å². The average Bonchev–Trinajstić information content (AvgIpc) is 2.71. The lowest BCUT2D eigenvalue weighted by molar-refractivity contribution is -0.127. The number of alkyl halides is 3. The third-order valence-corrected chi connectivity index (χ3v) is 6.27. The first-order valence-electron chi connectivity index (χ1n) is 10.8. The van der Waals surface area contributed by atoms with Gasteiger partial charge in [-0.2, -0.15) is 18.3 Å². The highest BCUT2D eigenvalue weighted by atomic mass is 19.4. The number of likely N-dealkylation sites (tertiary alicyclic amines) is 1. The molecule has 1 spiro atoms. The summed E-state index contributed by atoms with van der Waals surface area (Å²) in [5, 5.41) is 9.76. The molecule has 1 aromatic carbocycles. The van der Waals surface area contributed by atoms with E-state index in [9.17, 15) is 18.0 Å². The summed E-state index contributed by atoms with van der Waals surface area (Å²) in [6, 6.07) is 4.74. The molecule has 1 aromatic heterocycles. The Morgan fingerprint density at radius 2 is 1.97 bits per heavy atom. The molecule has 4 rings (SSSR count). The van der Waals surface area contributed by atoms with Crippen LogP contribution in [0.3, 0.4) is 0 Å². The van der Waals surface area contributed by atoms with Crippen molar-refractivity contribution in [3.05, 3.63) is 30.0 Å². The summed E-state index contributed by atoms with van der Waals surface area (Å²) in [5.74, 6) is 0.633. The Balaban J connectivity index is 1.40. The van der Waals surface area contributed by atoms with Crippen LogP contribution in [0, 0.1) is 5.41 Å². The fraction of sp³-hybridized carbons (Fsp3) is 0.591. The van der Waals surface area contributed by atoms with Gasteiger partial charge in [0.25, 0.3) is 0 Å². The molecular weight excluding hydrogens is 409 g/mol. The van der Waals surface area contributed by atoms with Crippen LogP contribution in [0.2, 0.25) is 0 Å². The molecule has 0 atom stereocenters. The van der Waals surface area contributed by atoms with Gasteiger partial charge >= 0.3 is 12.3 Å². The molecule has 6 nitrogen and oxygen atoms in total. The standard InChI is InChI=1S/C22H27F3N4O2/c1-2-3-10-31-20(30)28-8-6-21(7-9-28)14-29(15-21)19-18-11-16(12-22(23,24)25)4-5-17(18)13-26-27-19/h4-5,11,13H,2-3,6-10,12,14-15H2,1H3. The van der Waals surface area contributed by atoms with Gasteiger partial charge in [0.05, 0.1) is 19.2 Å². The minimum atomic E-state index is -4.25. The van der Waals surface area contributed by atoms with E-state index in [1.807, 2.05) is 0 Å². The monoisotopic (exact) mass is 436 g/mol. The van der Waals surface area contributed by atoms with Gasteiger partial charge in [-0.1, -0.05) is 25.5 Å². The lowest BCUT2D eigenvalue weighted by Crippen LogP contribution is -2.61. The summed E-state index contributed by atoms with van der Waals surface area (Å²) in [7, 11) is 0. The van der Waals surface area contributed by atoms with Crippen molar-refractivity contribution in [1.29, 1.82) is 0 Å². The van der Waals surface area contributed by atoms with Crippen LogP contribution >= 0.6 is 0 Å². The van der Waals surface area contributed by atoms with Crippen LogP contribution in [-0.2, 0) is 11.2 Å². The second-order valence-electron chi connectivity index (χ2n) is 8.69. The molecule has 2 aliphatic rings. The van der Waals surface area contributed by atoms with Gasteiger partial charge in [0, 0.05) is 42.4 Å². The molecule has 0 unspecified atom stereocenters. The smallest absolute Gasteiger partial charge is 0.409 e. The number of amides is 1. The number of carbonyl (C=O) groups is 1. The Bertz CT molecular complexity index is 934. The Labute approximate surface area is 179 Å². The number of halogens is 3. The minimum absolute atomic E-state index is 0.105. The highest BCUT2D eigenvalue weighted by Gasteiger charge is 2.46. The predicted octanol–water partition coefficient (Wildman–Crippen LogP) is 4.57. The summed E-state index contributed by atoms with van der Waals surface area (Å²) in [6.07, 6.45) is -0.255. The quantitative estimate of drug-likeness (QED) is 0.643. The zero-order chi connectivity index (χ0) is 22.1. The van der Waals surface area contributed by atoms with E-state index >= 15 is 0 Å². The molecule has 9 heteroatoms. The molecule has 0 aliphatic carbocycles. The molecule has 0 N–H and O–H groups in total. The number of carbonyl (C=O) groups excluding carboxylic acids is 1. The van der Waals surface area contributed by atoms with E-state index in [-0.39, 0.29) is 17.1 Å². The van der Waals surface area contributed by atoms with Crippen molar-refractivity contribution >= 4 is 22.7 Å². The van der Waals surface area contributed by atoms with Crippen LogP contribution < -0.4 is 4.90 Å². The Hall–Kier alpha value is -2.58. The first kappa shape index (κ1) is 21.6. The normalized spacial score (nSPS) is 18.3. The molecule has 168 valence electrons. The van der Waals surface area contributed by atoms with Crippen LogP contribution in [0.4, 0.5) is 23.8 Å². The first-order valence-corrected chi connectivity index (χ1v) is 10.8. The van der Waals surface area contributed by atoms with Gasteiger partial charge in [-0.05, 0) is 30.9 Å². The second kappa shape index (κ2) is 8.51. The van der Waals surface area contributed by atoms with Crippen molar-refractivity contribution in [1.82, 2.24) is 15.1 Å². The largest absolute Gasteiger partial charge is 0.449 e. The molecule has 2 fully saturated rings. The fourth-order valence-corrected chi connectivity index (χ4v) is 4.47. The van der Waals surface area contributed by atoms with Crippen molar-refractivity contribution in [2.24, 2.45) is 5.41 Å². The summed E-state index contributed by atoms with van der Waals surface area (Å²) < 4.78 is 43.8. The highest BCUT2D eigenvalue weighted by molar-refractivity contribution is 5.92. The number of hydrogen-bond acceptors (Lipinski definition) is 5. The molecule has 0 saturated carbocycles. The number of anilines is 1. The van der Waals surface area contributed by atoms with Gasteiger partial charge in [0.15, 0.2) is 5.82 Å². The third kappa shape index (κ3) is 4.85. The molecule has 0 radical (unpaired) electrons. The Kier molecular flexibility index (Phi) is 5.94. The van der Waals surface area contributed by atoms with E-state index in [4.69, 9.17) is 4.74 Å². The first-order chi connectivity index (χ1) is 14.8. The third-order valence-electron chi connectivity index (χ3n) is 6.27. The van der Waals surface area contributed by atoms with E-state index in [1.165, 1.54) is 6.07 Å². The van der Waals surface area contributed by atoms with E-state index < -0.39 is 12.6 Å². The molecule has 0 bridgehead atoms. The molecule has 1 amide bonds. The predicted molar refractivity (Wildman–Crippen MR) is 111 cm³/mol. The number of hydrogen-bond donors (Lipinski definition) is 0. The summed E-state index contributed by atoms with van der Waals surface area (Å²) in [6.45, 7) is 5.37. The van der Waals surface area contributed by atoms with Crippen molar-refractivity contribution in [3.8, 4) is 0 Å². The summed E-state index contributed by atoms with van der Waals surface area (Å²) >= 11 is 0. The molecule has 2 aliphatic heterocycles. The zero-order valence-corrected chi connectivity index (χ0v) is 17.6. The number of nitrogens with zero attached hydrogens (tertiary/aromatic N) is 4. The van der Waals surface area contributed by atoms with Crippen LogP contribution in [0.15, 0.2) is 24.4 Å². The second-order valence-corrected chi connectivity index (χ2v) is 8.69. The Morgan fingerprint density at radius 1 is 1.23 bits per heavy atom. The number of fused-ring (bicyclic) bond motifs is 1. The highest BCUT2D eigenvalue weighted by Crippen LogP contribution is 2.43. The van der Waals surface area contributed by atoms with E-state index in [0.29, 0.717) is 30.9 Å². The van der Waals surface area contributed by atoms with Gasteiger partial charge in [0.2, 0.25) is 0 Å². The molecule has 3 heterocycles. The van der Waals surface area contributed by atoms with Crippen LogP contribution in [0.25, 0.3) is 10.8 Å². The average molecular weight is 436 g/mol. The van der Waals surface area contributed by atoms with Crippen LogP contribution in [0.5, 0.6) is 0 Å². The van der Waals surface area contributed by atoms with Crippen molar-refractivity contribution in [2.45, 2.75) is 45.2 Å². The summed E-state index contributed by atoms with van der Waals surface area (Å²) in [5.41, 5.74) is 0.326. The van der Waals surface area contributed by atoms with Crippen LogP contribution in [-0.4, -0.2) is 60.2 Å². The maximum atomic E-state index is 12.8. The lowest BCUT2D eigenvalue weighted by atomic mass is 9.72.